The largest absolute Gasteiger partial charge is 0.401 e. The molecule has 0 amide bonds. The van der Waals surface area contributed by atoms with E-state index in [2.05, 4.69) is 11.0 Å². The quantitative estimate of drug-likeness (QED) is 0.740. The Morgan fingerprint density at radius 1 is 1.41 bits per heavy atom. The third-order valence-corrected chi connectivity index (χ3v) is 4.02. The Morgan fingerprint density at radius 3 is 2.35 bits per heavy atom. The van der Waals surface area contributed by atoms with Crippen LogP contribution in [0.25, 0.3) is 0 Å². The molecule has 3 saturated heterocycles. The van der Waals surface area contributed by atoms with Crippen LogP contribution in [0.5, 0.6) is 0 Å². The molecule has 0 aromatic heterocycles. The molecular formula is C11H16F3N3. The van der Waals surface area contributed by atoms with Crippen molar-refractivity contribution in [3.05, 3.63) is 0 Å². The Balaban J connectivity index is 2.18. The summed E-state index contributed by atoms with van der Waals surface area (Å²) in [5, 5.41) is 9.35. The monoisotopic (exact) mass is 247 g/mol. The molecule has 0 aromatic rings. The van der Waals surface area contributed by atoms with Gasteiger partial charge in [-0.3, -0.25) is 4.90 Å². The second kappa shape index (κ2) is 4.14. The highest BCUT2D eigenvalue weighted by Crippen LogP contribution is 2.39. The predicted molar refractivity (Wildman–Crippen MR) is 56.2 cm³/mol. The molecule has 2 bridgehead atoms. The van der Waals surface area contributed by atoms with Gasteiger partial charge in [-0.25, -0.2) is 0 Å². The number of fused-ring (bicyclic) bond motifs is 3. The van der Waals surface area contributed by atoms with E-state index < -0.39 is 18.3 Å². The van der Waals surface area contributed by atoms with E-state index in [4.69, 9.17) is 0 Å². The zero-order valence-electron chi connectivity index (χ0n) is 9.80. The molecule has 3 fully saturated rings. The van der Waals surface area contributed by atoms with Crippen molar-refractivity contribution >= 4 is 0 Å². The first kappa shape index (κ1) is 12.7. The van der Waals surface area contributed by atoms with Crippen LogP contribution in [0.4, 0.5) is 13.2 Å². The maximum atomic E-state index is 12.4. The zero-order chi connectivity index (χ0) is 12.7. The van der Waals surface area contributed by atoms with Crippen molar-refractivity contribution in [2.24, 2.45) is 5.92 Å². The van der Waals surface area contributed by atoms with Gasteiger partial charge in [0.25, 0.3) is 0 Å². The minimum atomic E-state index is -4.25. The maximum absolute atomic E-state index is 12.4. The lowest BCUT2D eigenvalue weighted by molar-refractivity contribution is -0.163. The van der Waals surface area contributed by atoms with E-state index >= 15 is 0 Å². The fraction of sp³-hybridized carbons (Fsp3) is 0.909. The normalized spacial score (nSPS) is 37.2. The molecule has 0 saturated carbocycles. The fourth-order valence-electron chi connectivity index (χ4n) is 3.09. The molecular weight excluding hydrogens is 231 g/mol. The Bertz CT molecular complexity index is 328. The van der Waals surface area contributed by atoms with Crippen LogP contribution in [0.15, 0.2) is 0 Å². The maximum Gasteiger partial charge on any atom is 0.401 e. The molecule has 0 spiro atoms. The number of piperidine rings is 3. The van der Waals surface area contributed by atoms with Gasteiger partial charge in [-0.05, 0) is 38.9 Å². The van der Waals surface area contributed by atoms with Crippen LogP contribution >= 0.6 is 0 Å². The Kier molecular flexibility index (Phi) is 3.08. The van der Waals surface area contributed by atoms with E-state index in [-0.39, 0.29) is 5.92 Å². The standard InChI is InChI=1S/C11H16F3N3/c1-16(8-11(12,13)14)10(6-15)7-17-4-2-9(10)3-5-17/h9H,2-5,7-8H2,1H3. The average molecular weight is 247 g/mol. The molecule has 1 atom stereocenters. The minimum Gasteiger partial charge on any atom is -0.300 e. The number of hydrogen-bond donors (Lipinski definition) is 0. The molecule has 6 heteroatoms. The number of rotatable bonds is 2. The summed E-state index contributed by atoms with van der Waals surface area (Å²) in [5.41, 5.74) is -0.952. The lowest BCUT2D eigenvalue weighted by Gasteiger charge is -2.53. The van der Waals surface area contributed by atoms with E-state index in [1.807, 2.05) is 0 Å². The molecule has 0 radical (unpaired) electrons. The van der Waals surface area contributed by atoms with E-state index in [0.717, 1.165) is 25.9 Å². The van der Waals surface area contributed by atoms with Crippen molar-refractivity contribution in [1.29, 1.82) is 5.26 Å². The molecule has 3 aliphatic heterocycles. The van der Waals surface area contributed by atoms with Crippen LogP contribution in [-0.4, -0.2) is 54.7 Å². The van der Waals surface area contributed by atoms with Crippen molar-refractivity contribution in [1.82, 2.24) is 9.80 Å². The van der Waals surface area contributed by atoms with E-state index in [1.165, 1.54) is 11.9 Å². The Morgan fingerprint density at radius 2 is 2.00 bits per heavy atom. The summed E-state index contributed by atoms with van der Waals surface area (Å²) < 4.78 is 37.3. The van der Waals surface area contributed by atoms with Gasteiger partial charge in [0.05, 0.1) is 12.6 Å². The second-order valence-electron chi connectivity index (χ2n) is 5.06. The van der Waals surface area contributed by atoms with Crippen LogP contribution in [0.2, 0.25) is 0 Å². The van der Waals surface area contributed by atoms with E-state index in [1.54, 1.807) is 0 Å². The van der Waals surface area contributed by atoms with Crippen molar-refractivity contribution in [3.8, 4) is 6.07 Å². The smallest absolute Gasteiger partial charge is 0.300 e. The molecule has 96 valence electrons. The van der Waals surface area contributed by atoms with Crippen LogP contribution in [0, 0.1) is 17.2 Å². The SMILES string of the molecule is CN(CC(F)(F)F)C1(C#N)CN2CCC1CC2. The number of nitriles is 1. The minimum absolute atomic E-state index is 0.0739. The molecule has 1 unspecified atom stereocenters. The van der Waals surface area contributed by atoms with Crippen LogP contribution in [0.3, 0.4) is 0 Å². The molecule has 0 aliphatic carbocycles. The topological polar surface area (TPSA) is 30.3 Å². The Labute approximate surface area is 98.8 Å². The van der Waals surface area contributed by atoms with Crippen LogP contribution in [-0.2, 0) is 0 Å². The number of nitrogens with zero attached hydrogens (tertiary/aromatic N) is 3. The van der Waals surface area contributed by atoms with Crippen molar-refractivity contribution < 1.29 is 13.2 Å². The van der Waals surface area contributed by atoms with Gasteiger partial charge in [0.2, 0.25) is 0 Å². The lowest BCUT2D eigenvalue weighted by Crippen LogP contribution is -2.66. The molecule has 17 heavy (non-hydrogen) atoms. The second-order valence-corrected chi connectivity index (χ2v) is 5.06. The lowest BCUT2D eigenvalue weighted by atomic mass is 9.72. The van der Waals surface area contributed by atoms with Crippen LogP contribution in [0.1, 0.15) is 12.8 Å². The summed E-state index contributed by atoms with van der Waals surface area (Å²) in [7, 11) is 1.42. The summed E-state index contributed by atoms with van der Waals surface area (Å²) in [4.78, 5) is 3.29. The molecule has 0 aromatic carbocycles. The first-order valence-corrected chi connectivity index (χ1v) is 5.79. The average Bonchev–Trinajstić information content (AvgIpc) is 2.28. The highest BCUT2D eigenvalue weighted by molar-refractivity contribution is 5.17. The van der Waals surface area contributed by atoms with Gasteiger partial charge >= 0.3 is 6.18 Å². The third kappa shape index (κ3) is 2.26. The van der Waals surface area contributed by atoms with Gasteiger partial charge in [0.1, 0.15) is 5.54 Å². The zero-order valence-corrected chi connectivity index (χ0v) is 9.80. The number of alkyl halides is 3. The van der Waals surface area contributed by atoms with Gasteiger partial charge in [-0.15, -0.1) is 0 Å². The molecule has 3 aliphatic rings. The van der Waals surface area contributed by atoms with Gasteiger partial charge in [0, 0.05) is 6.54 Å². The van der Waals surface area contributed by atoms with Crippen molar-refractivity contribution in [2.75, 3.05) is 33.2 Å². The molecule has 3 nitrogen and oxygen atoms in total. The first-order chi connectivity index (χ1) is 7.87. The van der Waals surface area contributed by atoms with Gasteiger partial charge < -0.3 is 4.90 Å². The summed E-state index contributed by atoms with van der Waals surface area (Å²) in [6.45, 7) is 1.26. The van der Waals surface area contributed by atoms with E-state index in [0.29, 0.717) is 6.54 Å². The summed E-state index contributed by atoms with van der Waals surface area (Å²) >= 11 is 0. The van der Waals surface area contributed by atoms with E-state index in [9.17, 15) is 18.4 Å². The third-order valence-electron chi connectivity index (χ3n) is 4.02. The Hall–Kier alpha value is -0.800. The van der Waals surface area contributed by atoms with Crippen molar-refractivity contribution in [3.63, 3.8) is 0 Å². The molecule has 3 heterocycles. The summed E-state index contributed by atoms with van der Waals surface area (Å²) in [5.74, 6) is 0.0739. The van der Waals surface area contributed by atoms with Gasteiger partial charge in [0.15, 0.2) is 0 Å². The highest BCUT2D eigenvalue weighted by Gasteiger charge is 2.51. The van der Waals surface area contributed by atoms with Crippen LogP contribution < -0.4 is 0 Å². The molecule has 0 N–H and O–H groups in total. The van der Waals surface area contributed by atoms with Gasteiger partial charge in [-0.1, -0.05) is 0 Å². The predicted octanol–water partition coefficient (Wildman–Crippen LogP) is 1.47. The van der Waals surface area contributed by atoms with Crippen molar-refractivity contribution in [2.45, 2.75) is 24.6 Å². The number of likely N-dealkylation sites (N-methyl/N-ethyl adjacent to an activating group) is 1. The van der Waals surface area contributed by atoms with Gasteiger partial charge in [-0.2, -0.15) is 18.4 Å². The first-order valence-electron chi connectivity index (χ1n) is 5.79. The summed E-state index contributed by atoms with van der Waals surface area (Å²) in [6, 6.07) is 2.16. The number of halogens is 3. The fourth-order valence-corrected chi connectivity index (χ4v) is 3.09. The highest BCUT2D eigenvalue weighted by atomic mass is 19.4. The summed E-state index contributed by atoms with van der Waals surface area (Å²) in [6.07, 6.45) is -2.59. The number of hydrogen-bond acceptors (Lipinski definition) is 3. The molecule has 3 rings (SSSR count).